The Kier molecular flexibility index (Phi) is 6.65. The number of nitrogens with one attached hydrogen (secondary N) is 1. The molecule has 0 radical (unpaired) electrons. The zero-order chi connectivity index (χ0) is 21.8. The summed E-state index contributed by atoms with van der Waals surface area (Å²) in [7, 11) is 0. The van der Waals surface area contributed by atoms with Crippen molar-refractivity contribution in [1.82, 2.24) is 20.1 Å². The third-order valence-electron chi connectivity index (χ3n) is 4.49. The summed E-state index contributed by atoms with van der Waals surface area (Å²) in [5.74, 6) is 1.13. The van der Waals surface area contributed by atoms with Gasteiger partial charge in [0.25, 0.3) is 0 Å². The van der Waals surface area contributed by atoms with Crippen molar-refractivity contribution in [1.29, 1.82) is 0 Å². The third-order valence-corrected chi connectivity index (χ3v) is 6.08. The predicted molar refractivity (Wildman–Crippen MR) is 123 cm³/mol. The smallest absolute Gasteiger partial charge is 0.233 e. The lowest BCUT2D eigenvalue weighted by atomic mass is 10.2. The normalized spacial score (nSPS) is 12.0. The number of thioether (sulfide) groups is 1. The molecule has 1 unspecified atom stereocenters. The summed E-state index contributed by atoms with van der Waals surface area (Å²) in [4.78, 5) is 12.6. The Labute approximate surface area is 193 Å². The molecule has 2 aromatic carbocycles. The molecule has 2 heterocycles. The predicted octanol–water partition coefficient (Wildman–Crippen LogP) is 5.63. The first kappa shape index (κ1) is 21.5. The first-order valence-electron chi connectivity index (χ1n) is 9.46. The first-order chi connectivity index (χ1) is 15.0. The van der Waals surface area contributed by atoms with E-state index in [-0.39, 0.29) is 5.91 Å². The minimum atomic E-state index is -0.407. The molecule has 0 bridgehead atoms. The number of hydrogen-bond donors (Lipinski definition) is 1. The molecule has 4 aromatic rings. The van der Waals surface area contributed by atoms with E-state index in [1.807, 2.05) is 54.0 Å². The highest BCUT2D eigenvalue weighted by atomic mass is 35.5. The molecule has 0 saturated heterocycles. The minimum Gasteiger partial charge on any atom is -0.467 e. The Bertz CT molecular complexity index is 1180. The fourth-order valence-electron chi connectivity index (χ4n) is 2.94. The van der Waals surface area contributed by atoms with E-state index in [1.165, 1.54) is 11.8 Å². The molecule has 1 amide bonds. The summed E-state index contributed by atoms with van der Waals surface area (Å²) in [6, 6.07) is 18.5. The lowest BCUT2D eigenvalue weighted by molar-refractivity contribution is -0.120. The molecule has 9 heteroatoms. The summed E-state index contributed by atoms with van der Waals surface area (Å²) in [6.45, 7) is 2.15. The van der Waals surface area contributed by atoms with Gasteiger partial charge in [-0.25, -0.2) is 0 Å². The van der Waals surface area contributed by atoms with Gasteiger partial charge in [-0.2, -0.15) is 0 Å². The number of benzene rings is 2. The fraction of sp³-hybridized carbons (Fsp3) is 0.136. The van der Waals surface area contributed by atoms with Gasteiger partial charge in [0.1, 0.15) is 5.76 Å². The maximum absolute atomic E-state index is 12.6. The van der Waals surface area contributed by atoms with Gasteiger partial charge >= 0.3 is 0 Å². The van der Waals surface area contributed by atoms with Crippen molar-refractivity contribution < 1.29 is 9.21 Å². The third kappa shape index (κ3) is 4.95. The van der Waals surface area contributed by atoms with Gasteiger partial charge in [-0.15, -0.1) is 10.2 Å². The Balaban J connectivity index is 1.63. The summed E-state index contributed by atoms with van der Waals surface area (Å²) in [5, 5.41) is 12.8. The Morgan fingerprint density at radius 2 is 1.94 bits per heavy atom. The van der Waals surface area contributed by atoms with Gasteiger partial charge in [0.05, 0.1) is 23.1 Å². The molecular formula is C22H18Cl2N4O2S. The molecule has 0 aliphatic rings. The van der Waals surface area contributed by atoms with Crippen LogP contribution in [-0.2, 0) is 11.3 Å². The molecule has 1 atom stereocenters. The number of rotatable bonds is 7. The van der Waals surface area contributed by atoms with Crippen molar-refractivity contribution in [3.63, 3.8) is 0 Å². The molecule has 0 spiro atoms. The highest BCUT2D eigenvalue weighted by molar-refractivity contribution is 8.00. The van der Waals surface area contributed by atoms with Crippen LogP contribution in [0.2, 0.25) is 10.0 Å². The number of para-hydroxylation sites is 1. The number of carbonyl (C=O) groups is 1. The fourth-order valence-corrected chi connectivity index (χ4v) is 4.33. The van der Waals surface area contributed by atoms with Crippen molar-refractivity contribution in [3.8, 4) is 17.1 Å². The van der Waals surface area contributed by atoms with Crippen LogP contribution in [0.5, 0.6) is 0 Å². The second kappa shape index (κ2) is 9.60. The van der Waals surface area contributed by atoms with Crippen molar-refractivity contribution in [2.75, 3.05) is 0 Å². The van der Waals surface area contributed by atoms with Gasteiger partial charge in [0.15, 0.2) is 11.0 Å². The standard InChI is InChI=1S/C22H18Cl2N4O2S/c1-14(21(29)25-13-17-8-5-11-30-17)31-22-27-26-20(18-10-9-15(23)12-19(18)24)28(22)16-6-3-2-4-7-16/h2-12,14H,13H2,1H3,(H,25,29). The second-order valence-electron chi connectivity index (χ2n) is 6.66. The zero-order valence-corrected chi connectivity index (χ0v) is 18.8. The number of aromatic nitrogens is 3. The van der Waals surface area contributed by atoms with Crippen LogP contribution in [0.25, 0.3) is 17.1 Å². The van der Waals surface area contributed by atoms with Crippen LogP contribution in [0.4, 0.5) is 0 Å². The molecule has 0 saturated carbocycles. The van der Waals surface area contributed by atoms with Crippen LogP contribution < -0.4 is 5.32 Å². The molecule has 4 rings (SSSR count). The van der Waals surface area contributed by atoms with Crippen LogP contribution in [0.15, 0.2) is 76.5 Å². The van der Waals surface area contributed by atoms with Crippen molar-refractivity contribution in [2.24, 2.45) is 0 Å². The van der Waals surface area contributed by atoms with E-state index < -0.39 is 5.25 Å². The maximum Gasteiger partial charge on any atom is 0.233 e. The Morgan fingerprint density at radius 1 is 1.13 bits per heavy atom. The van der Waals surface area contributed by atoms with Gasteiger partial charge in [-0.05, 0) is 49.4 Å². The van der Waals surface area contributed by atoms with E-state index in [4.69, 9.17) is 27.6 Å². The summed E-state index contributed by atoms with van der Waals surface area (Å²) >= 11 is 13.8. The topological polar surface area (TPSA) is 73.0 Å². The van der Waals surface area contributed by atoms with Gasteiger partial charge in [0, 0.05) is 16.3 Å². The van der Waals surface area contributed by atoms with Crippen LogP contribution in [0.1, 0.15) is 12.7 Å². The Morgan fingerprint density at radius 3 is 2.65 bits per heavy atom. The molecule has 31 heavy (non-hydrogen) atoms. The average molecular weight is 473 g/mol. The number of halogens is 2. The van der Waals surface area contributed by atoms with Crippen LogP contribution in [-0.4, -0.2) is 25.9 Å². The number of hydrogen-bond acceptors (Lipinski definition) is 5. The highest BCUT2D eigenvalue weighted by Gasteiger charge is 2.23. The molecule has 0 aliphatic carbocycles. The lowest BCUT2D eigenvalue weighted by Crippen LogP contribution is -2.30. The van der Waals surface area contributed by atoms with E-state index in [0.29, 0.717) is 38.9 Å². The van der Waals surface area contributed by atoms with Crippen LogP contribution in [0.3, 0.4) is 0 Å². The minimum absolute atomic E-state index is 0.130. The van der Waals surface area contributed by atoms with Gasteiger partial charge in [-0.1, -0.05) is 53.2 Å². The maximum atomic E-state index is 12.6. The van der Waals surface area contributed by atoms with E-state index in [9.17, 15) is 4.79 Å². The van der Waals surface area contributed by atoms with E-state index in [2.05, 4.69) is 15.5 Å². The SMILES string of the molecule is CC(Sc1nnc(-c2ccc(Cl)cc2Cl)n1-c1ccccc1)C(=O)NCc1ccco1. The summed E-state index contributed by atoms with van der Waals surface area (Å²) < 4.78 is 7.15. The highest BCUT2D eigenvalue weighted by Crippen LogP contribution is 2.34. The summed E-state index contributed by atoms with van der Waals surface area (Å²) in [6.07, 6.45) is 1.57. The van der Waals surface area contributed by atoms with E-state index >= 15 is 0 Å². The van der Waals surface area contributed by atoms with Crippen molar-refractivity contribution in [2.45, 2.75) is 23.9 Å². The monoisotopic (exact) mass is 472 g/mol. The van der Waals surface area contributed by atoms with E-state index in [0.717, 1.165) is 5.69 Å². The van der Waals surface area contributed by atoms with E-state index in [1.54, 1.807) is 24.5 Å². The number of amides is 1. The Hall–Kier alpha value is -2.74. The van der Waals surface area contributed by atoms with Crippen molar-refractivity contribution in [3.05, 3.63) is 82.7 Å². The summed E-state index contributed by atoms with van der Waals surface area (Å²) in [5.41, 5.74) is 1.56. The largest absolute Gasteiger partial charge is 0.467 e. The average Bonchev–Trinajstić information content (AvgIpc) is 3.43. The lowest BCUT2D eigenvalue weighted by Gasteiger charge is -2.14. The molecule has 1 N–H and O–H groups in total. The van der Waals surface area contributed by atoms with Crippen LogP contribution in [0, 0.1) is 0 Å². The zero-order valence-electron chi connectivity index (χ0n) is 16.5. The molecule has 2 aromatic heterocycles. The molecule has 0 aliphatic heterocycles. The molecular weight excluding hydrogens is 455 g/mol. The molecule has 0 fully saturated rings. The molecule has 158 valence electrons. The van der Waals surface area contributed by atoms with Gasteiger partial charge < -0.3 is 9.73 Å². The van der Waals surface area contributed by atoms with Gasteiger partial charge in [0.2, 0.25) is 5.91 Å². The quantitative estimate of drug-likeness (QED) is 0.352. The van der Waals surface area contributed by atoms with Gasteiger partial charge in [-0.3, -0.25) is 9.36 Å². The first-order valence-corrected chi connectivity index (χ1v) is 11.1. The molecule has 6 nitrogen and oxygen atoms in total. The van der Waals surface area contributed by atoms with Crippen molar-refractivity contribution >= 4 is 40.9 Å². The van der Waals surface area contributed by atoms with Crippen LogP contribution >= 0.6 is 35.0 Å². The number of nitrogens with zero attached hydrogens (tertiary/aromatic N) is 3. The second-order valence-corrected chi connectivity index (χ2v) is 8.81. The number of carbonyl (C=O) groups excluding carboxylic acids is 1. The number of furan rings is 1.